The van der Waals surface area contributed by atoms with Gasteiger partial charge in [-0.15, -0.1) is 0 Å². The normalized spacial score (nSPS) is 21.2. The molecule has 0 unspecified atom stereocenters. The molecule has 0 aliphatic carbocycles. The molecule has 1 aromatic rings. The van der Waals surface area contributed by atoms with Crippen LogP contribution in [0.3, 0.4) is 0 Å². The molecule has 7 nitrogen and oxygen atoms in total. The van der Waals surface area contributed by atoms with Crippen LogP contribution < -0.4 is 5.32 Å². The van der Waals surface area contributed by atoms with Gasteiger partial charge >= 0.3 is 0 Å². The van der Waals surface area contributed by atoms with E-state index < -0.39 is 0 Å². The number of rotatable bonds is 7. The van der Waals surface area contributed by atoms with E-state index in [-0.39, 0.29) is 17.9 Å². The van der Waals surface area contributed by atoms with Crippen LogP contribution in [0.15, 0.2) is 24.4 Å². The molecule has 2 amide bonds. The van der Waals surface area contributed by atoms with Crippen LogP contribution in [0, 0.1) is 5.92 Å². The number of likely N-dealkylation sites (N-methyl/N-ethyl adjacent to an activating group) is 1. The first-order valence-corrected chi connectivity index (χ1v) is 10.4. The van der Waals surface area contributed by atoms with E-state index in [1.54, 1.807) is 29.3 Å². The van der Waals surface area contributed by atoms with Gasteiger partial charge < -0.3 is 20.0 Å². The third-order valence-electron chi connectivity index (χ3n) is 5.84. The molecule has 28 heavy (non-hydrogen) atoms. The number of carbonyl (C=O) groups is 2. The Morgan fingerprint density at radius 1 is 1.18 bits per heavy atom. The van der Waals surface area contributed by atoms with Crippen molar-refractivity contribution in [3.63, 3.8) is 0 Å². The molecule has 0 radical (unpaired) electrons. The van der Waals surface area contributed by atoms with Crippen LogP contribution in [0.5, 0.6) is 0 Å². The van der Waals surface area contributed by atoms with Gasteiger partial charge in [-0.1, -0.05) is 6.07 Å². The van der Waals surface area contributed by atoms with Crippen molar-refractivity contribution in [1.82, 2.24) is 25.0 Å². The first-order chi connectivity index (χ1) is 13.5. The molecule has 2 aliphatic heterocycles. The summed E-state index contributed by atoms with van der Waals surface area (Å²) in [5, 5.41) is 3.12. The molecule has 2 saturated heterocycles. The molecule has 0 aromatic carbocycles. The summed E-state index contributed by atoms with van der Waals surface area (Å²) < 4.78 is 0. The maximum absolute atomic E-state index is 12.7. The lowest BCUT2D eigenvalue weighted by Crippen LogP contribution is -2.48. The summed E-state index contributed by atoms with van der Waals surface area (Å²) >= 11 is 0. The third kappa shape index (κ3) is 5.52. The summed E-state index contributed by atoms with van der Waals surface area (Å²) in [5.74, 6) is 0.366. The molecule has 1 N–H and O–H groups in total. The summed E-state index contributed by atoms with van der Waals surface area (Å²) in [6.07, 6.45) is 5.45. The molecular weight excluding hydrogens is 354 g/mol. The Bertz CT molecular complexity index is 643. The Hall–Kier alpha value is -1.99. The first-order valence-electron chi connectivity index (χ1n) is 10.4. The Kier molecular flexibility index (Phi) is 7.39. The molecule has 3 heterocycles. The van der Waals surface area contributed by atoms with Gasteiger partial charge in [0.15, 0.2) is 0 Å². The Balaban J connectivity index is 1.44. The van der Waals surface area contributed by atoms with Crippen molar-refractivity contribution in [2.24, 2.45) is 5.92 Å². The summed E-state index contributed by atoms with van der Waals surface area (Å²) in [4.78, 5) is 36.0. The minimum atomic E-state index is -0.366. The van der Waals surface area contributed by atoms with E-state index in [4.69, 9.17) is 0 Å². The summed E-state index contributed by atoms with van der Waals surface area (Å²) in [7, 11) is 4.21. The number of nitrogens with one attached hydrogen (secondary N) is 1. The number of piperidine rings is 1. The number of carbonyl (C=O) groups excluding carboxylic acids is 2. The summed E-state index contributed by atoms with van der Waals surface area (Å²) in [6, 6.07) is 4.93. The van der Waals surface area contributed by atoms with E-state index in [0.717, 1.165) is 51.9 Å². The monoisotopic (exact) mass is 387 g/mol. The fourth-order valence-corrected chi connectivity index (χ4v) is 4.04. The zero-order valence-electron chi connectivity index (χ0n) is 17.1. The minimum Gasteiger partial charge on any atom is -0.354 e. The van der Waals surface area contributed by atoms with Crippen LogP contribution in [-0.4, -0.2) is 90.9 Å². The highest BCUT2D eigenvalue weighted by Gasteiger charge is 2.35. The highest BCUT2D eigenvalue weighted by atomic mass is 16.2. The predicted octanol–water partition coefficient (Wildman–Crippen LogP) is 1.08. The van der Waals surface area contributed by atoms with Gasteiger partial charge in [0.05, 0.1) is 0 Å². The van der Waals surface area contributed by atoms with E-state index in [2.05, 4.69) is 34.2 Å². The molecule has 2 fully saturated rings. The third-order valence-corrected chi connectivity index (χ3v) is 5.84. The Morgan fingerprint density at radius 2 is 1.96 bits per heavy atom. The highest BCUT2D eigenvalue weighted by molar-refractivity contribution is 5.96. The standard InChI is InChI=1S/C21H33N5O2/c1-24(2)14-15-25-12-8-17(9-13-25)16-23-20(27)19-7-5-11-26(19)21(28)18-6-3-4-10-22-18/h3-4,6,10,17,19H,5,7-9,11-16H2,1-2H3,(H,23,27)/t19-/m0/s1. The second-order valence-electron chi connectivity index (χ2n) is 8.20. The number of hydrogen-bond acceptors (Lipinski definition) is 5. The average molecular weight is 388 g/mol. The number of hydrogen-bond donors (Lipinski definition) is 1. The molecule has 2 aliphatic rings. The molecule has 154 valence electrons. The van der Waals surface area contributed by atoms with Crippen LogP contribution in [-0.2, 0) is 4.79 Å². The molecule has 7 heteroatoms. The minimum absolute atomic E-state index is 0.0168. The highest BCUT2D eigenvalue weighted by Crippen LogP contribution is 2.21. The molecule has 1 atom stereocenters. The summed E-state index contributed by atoms with van der Waals surface area (Å²) in [5.41, 5.74) is 0.410. The lowest BCUT2D eigenvalue weighted by atomic mass is 9.96. The van der Waals surface area contributed by atoms with Crippen LogP contribution in [0.25, 0.3) is 0 Å². The van der Waals surface area contributed by atoms with Crippen LogP contribution in [0.2, 0.25) is 0 Å². The van der Waals surface area contributed by atoms with Crippen molar-refractivity contribution in [3.8, 4) is 0 Å². The maximum atomic E-state index is 12.7. The lowest BCUT2D eigenvalue weighted by molar-refractivity contribution is -0.125. The van der Waals surface area contributed by atoms with E-state index in [1.807, 2.05) is 0 Å². The quantitative estimate of drug-likeness (QED) is 0.758. The van der Waals surface area contributed by atoms with Gasteiger partial charge in [0.25, 0.3) is 5.91 Å². The fraction of sp³-hybridized carbons (Fsp3) is 0.667. The summed E-state index contributed by atoms with van der Waals surface area (Å²) in [6.45, 7) is 5.73. The van der Waals surface area contributed by atoms with E-state index in [0.29, 0.717) is 24.7 Å². The zero-order chi connectivity index (χ0) is 19.9. The van der Waals surface area contributed by atoms with Gasteiger partial charge in [-0.3, -0.25) is 14.6 Å². The second kappa shape index (κ2) is 9.98. The average Bonchev–Trinajstić information content (AvgIpc) is 3.21. The van der Waals surface area contributed by atoms with Crippen molar-refractivity contribution in [2.45, 2.75) is 31.7 Å². The van der Waals surface area contributed by atoms with Crippen molar-refractivity contribution in [1.29, 1.82) is 0 Å². The number of amides is 2. The van der Waals surface area contributed by atoms with Crippen LogP contribution >= 0.6 is 0 Å². The van der Waals surface area contributed by atoms with Crippen LogP contribution in [0.1, 0.15) is 36.2 Å². The van der Waals surface area contributed by atoms with Gasteiger partial charge in [-0.25, -0.2) is 0 Å². The zero-order valence-corrected chi connectivity index (χ0v) is 17.1. The molecule has 0 spiro atoms. The Labute approximate surface area is 168 Å². The van der Waals surface area contributed by atoms with E-state index in [1.165, 1.54) is 0 Å². The predicted molar refractivity (Wildman–Crippen MR) is 109 cm³/mol. The lowest BCUT2D eigenvalue weighted by Gasteiger charge is -2.33. The van der Waals surface area contributed by atoms with Crippen molar-refractivity contribution >= 4 is 11.8 Å². The van der Waals surface area contributed by atoms with Gasteiger partial charge in [0.2, 0.25) is 5.91 Å². The SMILES string of the molecule is CN(C)CCN1CCC(CNC(=O)[C@@H]2CCCN2C(=O)c2ccccn2)CC1. The fourth-order valence-electron chi connectivity index (χ4n) is 4.04. The molecule has 0 bridgehead atoms. The topological polar surface area (TPSA) is 68.8 Å². The van der Waals surface area contributed by atoms with Gasteiger partial charge in [0, 0.05) is 32.4 Å². The van der Waals surface area contributed by atoms with Crippen molar-refractivity contribution in [3.05, 3.63) is 30.1 Å². The number of aromatic nitrogens is 1. The van der Waals surface area contributed by atoms with Crippen LogP contribution in [0.4, 0.5) is 0 Å². The molecular formula is C21H33N5O2. The van der Waals surface area contributed by atoms with Crippen molar-refractivity contribution in [2.75, 3.05) is 53.4 Å². The largest absolute Gasteiger partial charge is 0.354 e. The smallest absolute Gasteiger partial charge is 0.273 e. The molecule has 0 saturated carbocycles. The van der Waals surface area contributed by atoms with E-state index >= 15 is 0 Å². The number of pyridine rings is 1. The van der Waals surface area contributed by atoms with Gasteiger partial charge in [-0.05, 0) is 70.9 Å². The van der Waals surface area contributed by atoms with Gasteiger partial charge in [0.1, 0.15) is 11.7 Å². The number of nitrogens with zero attached hydrogens (tertiary/aromatic N) is 4. The van der Waals surface area contributed by atoms with Crippen molar-refractivity contribution < 1.29 is 9.59 Å². The van der Waals surface area contributed by atoms with Gasteiger partial charge in [-0.2, -0.15) is 0 Å². The van der Waals surface area contributed by atoms with E-state index in [9.17, 15) is 9.59 Å². The molecule has 1 aromatic heterocycles. The number of likely N-dealkylation sites (tertiary alicyclic amines) is 2. The second-order valence-corrected chi connectivity index (χ2v) is 8.20. The first kappa shape index (κ1) is 20.7. The maximum Gasteiger partial charge on any atom is 0.273 e. The Morgan fingerprint density at radius 3 is 2.64 bits per heavy atom. The molecule has 3 rings (SSSR count).